The summed E-state index contributed by atoms with van der Waals surface area (Å²) in [6.45, 7) is 11.0. The quantitative estimate of drug-likeness (QED) is 0.431. The highest BCUT2D eigenvalue weighted by Crippen LogP contribution is 2.36. The van der Waals surface area contributed by atoms with Gasteiger partial charge in [-0.05, 0) is 48.9 Å². The van der Waals surface area contributed by atoms with E-state index >= 15 is 0 Å². The monoisotopic (exact) mass is 359 g/mol. The molecule has 0 amide bonds. The first-order valence-electron chi connectivity index (χ1n) is 9.51. The molecule has 4 rings (SSSR count). The molecule has 0 aliphatic heterocycles. The Balaban J connectivity index is 2.00. The number of pyridine rings is 2. The summed E-state index contributed by atoms with van der Waals surface area (Å²) in [5.74, 6) is 0. The summed E-state index contributed by atoms with van der Waals surface area (Å²) in [4.78, 5) is 4.59. The van der Waals surface area contributed by atoms with Crippen LogP contribution in [0.25, 0.3) is 33.3 Å². The van der Waals surface area contributed by atoms with E-state index in [-0.39, 0.29) is 5.41 Å². The number of aromatic nitrogens is 2. The van der Waals surface area contributed by atoms with Crippen LogP contribution in [0.4, 0.5) is 0 Å². The summed E-state index contributed by atoms with van der Waals surface area (Å²) < 4.78 is 8.45. The summed E-state index contributed by atoms with van der Waals surface area (Å²) in [5.41, 5.74) is 7.74. The molecule has 0 atom stereocenters. The van der Waals surface area contributed by atoms with Crippen molar-refractivity contribution >= 4 is 22.1 Å². The van der Waals surface area contributed by atoms with Gasteiger partial charge in [-0.2, -0.15) is 0 Å². The van der Waals surface area contributed by atoms with Crippen LogP contribution in [0.1, 0.15) is 37.6 Å². The minimum atomic E-state index is 0.249. The van der Waals surface area contributed by atoms with Gasteiger partial charge in [-0.1, -0.05) is 32.9 Å². The summed E-state index contributed by atoms with van der Waals surface area (Å²) in [6.07, 6.45) is 3.19. The van der Waals surface area contributed by atoms with Gasteiger partial charge in [-0.3, -0.25) is 0 Å². The normalized spacial score (nSPS) is 12.2. The van der Waals surface area contributed by atoms with Crippen LogP contribution in [0, 0.1) is 19.3 Å². The molecule has 138 valence electrons. The second-order valence-corrected chi connectivity index (χ2v) is 8.81. The van der Waals surface area contributed by atoms with Crippen molar-refractivity contribution in [3.63, 3.8) is 0 Å². The lowest BCUT2D eigenvalue weighted by Gasteiger charge is -2.18. The number of nitrogens with zero attached hydrogens (tertiary/aromatic N) is 2. The molecule has 0 aliphatic rings. The maximum atomic E-state index is 6.27. The Hall–Kier alpha value is -2.68. The number of hydrogen-bond acceptors (Lipinski definition) is 2. The van der Waals surface area contributed by atoms with Crippen molar-refractivity contribution in [2.75, 3.05) is 0 Å². The smallest absolute Gasteiger partial charge is 0.227 e. The van der Waals surface area contributed by atoms with Gasteiger partial charge < -0.3 is 4.42 Å². The minimum absolute atomic E-state index is 0.249. The SMILES string of the molecule is Cc1ccc2c(n1)oc1c(-c3cc(CC(C)(C)C)cc[n+]3C)c(C)ccc12. The summed E-state index contributed by atoms with van der Waals surface area (Å²) in [7, 11) is 2.10. The number of hydrogen-bond donors (Lipinski definition) is 0. The molecule has 27 heavy (non-hydrogen) atoms. The number of aryl methyl sites for hydroxylation is 3. The Labute approximate surface area is 160 Å². The van der Waals surface area contributed by atoms with Crippen LogP contribution in [0.5, 0.6) is 0 Å². The molecule has 0 unspecified atom stereocenters. The maximum absolute atomic E-state index is 6.27. The van der Waals surface area contributed by atoms with E-state index in [4.69, 9.17) is 4.42 Å². The molecule has 3 heteroatoms. The van der Waals surface area contributed by atoms with Crippen LogP contribution in [0.3, 0.4) is 0 Å². The Kier molecular flexibility index (Phi) is 4.06. The third-order valence-corrected chi connectivity index (χ3v) is 5.06. The Morgan fingerprint density at radius 3 is 2.48 bits per heavy atom. The fraction of sp³-hybridized carbons (Fsp3) is 0.333. The number of furan rings is 1. The topological polar surface area (TPSA) is 29.9 Å². The second kappa shape index (κ2) is 6.19. The van der Waals surface area contributed by atoms with Crippen LogP contribution in [0.2, 0.25) is 0 Å². The zero-order valence-corrected chi connectivity index (χ0v) is 17.1. The van der Waals surface area contributed by atoms with E-state index in [1.807, 2.05) is 13.0 Å². The van der Waals surface area contributed by atoms with E-state index in [1.54, 1.807) is 0 Å². The van der Waals surface area contributed by atoms with Crippen LogP contribution in [-0.4, -0.2) is 4.98 Å². The predicted octanol–water partition coefficient (Wildman–Crippen LogP) is 5.68. The van der Waals surface area contributed by atoms with Crippen molar-refractivity contribution in [3.8, 4) is 11.3 Å². The molecule has 0 bridgehead atoms. The van der Waals surface area contributed by atoms with Crippen LogP contribution in [0.15, 0.2) is 47.0 Å². The Morgan fingerprint density at radius 2 is 1.74 bits per heavy atom. The van der Waals surface area contributed by atoms with E-state index < -0.39 is 0 Å². The molecule has 0 radical (unpaired) electrons. The van der Waals surface area contributed by atoms with E-state index in [1.165, 1.54) is 16.8 Å². The average Bonchev–Trinajstić information content (AvgIpc) is 2.93. The Morgan fingerprint density at radius 1 is 1.00 bits per heavy atom. The molecule has 0 N–H and O–H groups in total. The molecule has 0 fully saturated rings. The van der Waals surface area contributed by atoms with Gasteiger partial charge in [0.05, 0.1) is 5.56 Å². The van der Waals surface area contributed by atoms with Gasteiger partial charge in [0.1, 0.15) is 7.05 Å². The molecule has 3 heterocycles. The van der Waals surface area contributed by atoms with Crippen molar-refractivity contribution in [2.45, 2.75) is 41.0 Å². The fourth-order valence-corrected chi connectivity index (χ4v) is 3.81. The highest BCUT2D eigenvalue weighted by atomic mass is 16.3. The molecule has 0 aliphatic carbocycles. The van der Waals surface area contributed by atoms with Gasteiger partial charge in [0.15, 0.2) is 11.8 Å². The number of rotatable bonds is 2. The van der Waals surface area contributed by atoms with Gasteiger partial charge >= 0.3 is 0 Å². The van der Waals surface area contributed by atoms with Crippen molar-refractivity contribution in [3.05, 3.63) is 59.4 Å². The van der Waals surface area contributed by atoms with Crippen LogP contribution < -0.4 is 4.57 Å². The molecular weight excluding hydrogens is 332 g/mol. The number of benzene rings is 1. The first-order valence-corrected chi connectivity index (χ1v) is 9.51. The van der Waals surface area contributed by atoms with Crippen molar-refractivity contribution in [1.29, 1.82) is 0 Å². The van der Waals surface area contributed by atoms with E-state index in [9.17, 15) is 0 Å². The first kappa shape index (κ1) is 17.7. The summed E-state index contributed by atoms with van der Waals surface area (Å²) >= 11 is 0. The van der Waals surface area contributed by atoms with E-state index in [2.05, 4.69) is 80.8 Å². The van der Waals surface area contributed by atoms with Crippen LogP contribution in [-0.2, 0) is 13.5 Å². The standard InChI is InChI=1S/C24H27N2O/c1-15-7-9-18-19-10-8-16(2)25-23(19)27-22(18)21(15)20-13-17(11-12-26(20)6)14-24(3,4)5/h7-13H,14H2,1-6H3/q+1. The van der Waals surface area contributed by atoms with Crippen molar-refractivity contribution < 1.29 is 8.98 Å². The third-order valence-electron chi connectivity index (χ3n) is 5.06. The number of fused-ring (bicyclic) bond motifs is 3. The molecular formula is C24H27N2O+. The lowest BCUT2D eigenvalue weighted by atomic mass is 9.88. The maximum Gasteiger partial charge on any atom is 0.227 e. The van der Waals surface area contributed by atoms with E-state index in [0.717, 1.165) is 34.0 Å². The highest BCUT2D eigenvalue weighted by Gasteiger charge is 2.22. The molecule has 0 spiro atoms. The fourth-order valence-electron chi connectivity index (χ4n) is 3.81. The summed E-state index contributed by atoms with van der Waals surface area (Å²) in [6, 6.07) is 13.0. The van der Waals surface area contributed by atoms with Crippen LogP contribution >= 0.6 is 0 Å². The summed E-state index contributed by atoms with van der Waals surface area (Å²) in [5, 5.41) is 2.20. The molecule has 1 aromatic carbocycles. The lowest BCUT2D eigenvalue weighted by molar-refractivity contribution is -0.660. The average molecular weight is 359 g/mol. The van der Waals surface area contributed by atoms with Gasteiger partial charge in [-0.25, -0.2) is 9.55 Å². The van der Waals surface area contributed by atoms with Gasteiger partial charge in [0, 0.05) is 28.6 Å². The molecule has 3 aromatic heterocycles. The first-order chi connectivity index (χ1) is 12.7. The molecule has 3 nitrogen and oxygen atoms in total. The molecule has 0 saturated carbocycles. The van der Waals surface area contributed by atoms with E-state index in [0.29, 0.717) is 5.71 Å². The largest absolute Gasteiger partial charge is 0.437 e. The van der Waals surface area contributed by atoms with Crippen molar-refractivity contribution in [2.24, 2.45) is 12.5 Å². The lowest BCUT2D eigenvalue weighted by Crippen LogP contribution is -2.31. The zero-order valence-electron chi connectivity index (χ0n) is 17.1. The predicted molar refractivity (Wildman–Crippen MR) is 111 cm³/mol. The van der Waals surface area contributed by atoms with Gasteiger partial charge in [0.25, 0.3) is 0 Å². The second-order valence-electron chi connectivity index (χ2n) is 8.81. The highest BCUT2D eigenvalue weighted by molar-refractivity contribution is 6.08. The third kappa shape index (κ3) is 3.23. The Bertz CT molecular complexity index is 1160. The van der Waals surface area contributed by atoms with Crippen molar-refractivity contribution in [1.82, 2.24) is 4.98 Å². The van der Waals surface area contributed by atoms with Gasteiger partial charge in [0.2, 0.25) is 11.4 Å². The zero-order chi connectivity index (χ0) is 19.3. The molecule has 0 saturated heterocycles. The van der Waals surface area contributed by atoms with Gasteiger partial charge in [-0.15, -0.1) is 0 Å². The molecule has 4 aromatic rings. The minimum Gasteiger partial charge on any atom is -0.437 e.